The highest BCUT2D eigenvalue weighted by atomic mass is 16.5. The van der Waals surface area contributed by atoms with Gasteiger partial charge in [-0.15, -0.1) is 0 Å². The maximum Gasteiger partial charge on any atom is 0.323 e. The summed E-state index contributed by atoms with van der Waals surface area (Å²) in [6.07, 6.45) is 6.12. The van der Waals surface area contributed by atoms with E-state index in [1.807, 2.05) is 0 Å². The van der Waals surface area contributed by atoms with E-state index in [9.17, 15) is 9.59 Å². The SMILES string of the molecule is [B]C12[B]C13CCCCC3CC(C(=O)OCC(C)NC=O)N2. The summed E-state index contributed by atoms with van der Waals surface area (Å²) in [7, 11) is 8.58. The molecular formula is C14H21B2N2O3. The van der Waals surface area contributed by atoms with Crippen molar-refractivity contribution in [2.45, 2.75) is 61.8 Å². The Labute approximate surface area is 127 Å². The van der Waals surface area contributed by atoms with E-state index in [4.69, 9.17) is 12.6 Å². The molecule has 0 aromatic heterocycles. The van der Waals surface area contributed by atoms with Crippen molar-refractivity contribution in [3.05, 3.63) is 0 Å². The van der Waals surface area contributed by atoms with Crippen LogP contribution in [0.4, 0.5) is 0 Å². The second-order valence-electron chi connectivity index (χ2n) is 6.74. The number of carbonyl (C=O) groups excluding carboxylic acids is 2. The van der Waals surface area contributed by atoms with Crippen molar-refractivity contribution < 1.29 is 14.3 Å². The Hall–Kier alpha value is -0.970. The molecule has 0 bridgehead atoms. The van der Waals surface area contributed by atoms with E-state index in [-0.39, 0.29) is 30.0 Å². The molecule has 1 spiro atoms. The zero-order chi connectivity index (χ0) is 15.1. The molecule has 3 rings (SSSR count). The fourth-order valence-electron chi connectivity index (χ4n) is 4.14. The predicted molar refractivity (Wildman–Crippen MR) is 80.1 cm³/mol. The Morgan fingerprint density at radius 3 is 3.19 bits per heavy atom. The molecule has 0 aromatic rings. The van der Waals surface area contributed by atoms with E-state index in [2.05, 4.69) is 17.9 Å². The van der Waals surface area contributed by atoms with Crippen molar-refractivity contribution >= 4 is 27.5 Å². The monoisotopic (exact) mass is 287 g/mol. The van der Waals surface area contributed by atoms with Gasteiger partial charge >= 0.3 is 5.97 Å². The van der Waals surface area contributed by atoms with Crippen molar-refractivity contribution in [2.75, 3.05) is 6.61 Å². The standard InChI is InChI=1S/C14H21B2N2O3/c1-9(17-8-19)7-21-12(20)11-6-10-4-2-3-5-13(10)14(15,16-13)18-11/h8-11,18H,2-7H2,1H3,(H,17,19). The summed E-state index contributed by atoms with van der Waals surface area (Å²) < 4.78 is 5.29. The van der Waals surface area contributed by atoms with Crippen LogP contribution in [0.5, 0.6) is 0 Å². The summed E-state index contributed by atoms with van der Waals surface area (Å²) in [5.41, 5.74) is 0. The third-order valence-electron chi connectivity index (χ3n) is 5.34. The number of rotatable bonds is 5. The van der Waals surface area contributed by atoms with Gasteiger partial charge in [0.2, 0.25) is 6.41 Å². The van der Waals surface area contributed by atoms with Crippen LogP contribution in [0.15, 0.2) is 0 Å². The largest absolute Gasteiger partial charge is 0.462 e. The Kier molecular flexibility index (Phi) is 3.80. The molecule has 2 saturated heterocycles. The van der Waals surface area contributed by atoms with Crippen LogP contribution in [0.3, 0.4) is 0 Å². The number of esters is 1. The van der Waals surface area contributed by atoms with Gasteiger partial charge < -0.3 is 15.4 Å². The van der Waals surface area contributed by atoms with Gasteiger partial charge in [0.15, 0.2) is 0 Å². The van der Waals surface area contributed by atoms with Crippen LogP contribution < -0.4 is 10.6 Å². The molecule has 2 aliphatic heterocycles. The van der Waals surface area contributed by atoms with Crippen LogP contribution in [0.25, 0.3) is 0 Å². The molecule has 3 aliphatic rings. The number of hydrogen-bond acceptors (Lipinski definition) is 4. The molecule has 1 aliphatic carbocycles. The number of ether oxygens (including phenoxy) is 1. The highest BCUT2D eigenvalue weighted by Gasteiger charge is 2.70. The van der Waals surface area contributed by atoms with Crippen molar-refractivity contribution in [3.8, 4) is 0 Å². The third-order valence-corrected chi connectivity index (χ3v) is 5.34. The summed E-state index contributed by atoms with van der Waals surface area (Å²) in [6.45, 7) is 1.98. The highest BCUT2D eigenvalue weighted by Crippen LogP contribution is 2.68. The van der Waals surface area contributed by atoms with Crippen molar-refractivity contribution in [1.29, 1.82) is 0 Å². The van der Waals surface area contributed by atoms with Gasteiger partial charge in [-0.1, -0.05) is 31.0 Å². The van der Waals surface area contributed by atoms with Gasteiger partial charge in [0.05, 0.1) is 13.9 Å². The smallest absolute Gasteiger partial charge is 0.323 e. The van der Waals surface area contributed by atoms with Gasteiger partial charge in [-0.25, -0.2) is 0 Å². The molecular weight excluding hydrogens is 266 g/mol. The summed E-state index contributed by atoms with van der Waals surface area (Å²) in [5.74, 6) is 0.222. The quantitative estimate of drug-likeness (QED) is 0.421. The van der Waals surface area contributed by atoms with Gasteiger partial charge in [0.25, 0.3) is 0 Å². The van der Waals surface area contributed by atoms with Crippen LogP contribution in [0.1, 0.15) is 39.0 Å². The number of nitrogens with one attached hydrogen (secondary N) is 2. The predicted octanol–water partition coefficient (Wildman–Crippen LogP) is -0.0850. The lowest BCUT2D eigenvalue weighted by Crippen LogP contribution is -2.54. The molecule has 7 heteroatoms. The first-order chi connectivity index (χ1) is 10.0. The van der Waals surface area contributed by atoms with Gasteiger partial charge in [0, 0.05) is 0 Å². The first-order valence-corrected chi connectivity index (χ1v) is 7.81. The fourth-order valence-corrected chi connectivity index (χ4v) is 4.14. The summed E-state index contributed by atoms with van der Waals surface area (Å²) in [5, 5.41) is 5.45. The Morgan fingerprint density at radius 1 is 1.62 bits per heavy atom. The third kappa shape index (κ3) is 2.50. The summed E-state index contributed by atoms with van der Waals surface area (Å²) >= 11 is 0. The van der Waals surface area contributed by atoms with Crippen molar-refractivity contribution in [1.82, 2.24) is 10.6 Å². The molecule has 5 unspecified atom stereocenters. The van der Waals surface area contributed by atoms with Gasteiger partial charge in [0.1, 0.15) is 19.9 Å². The Bertz CT molecular complexity index is 450. The minimum Gasteiger partial charge on any atom is -0.462 e. The summed E-state index contributed by atoms with van der Waals surface area (Å²) in [6, 6.07) is -0.517. The van der Waals surface area contributed by atoms with Crippen LogP contribution in [-0.4, -0.2) is 51.5 Å². The van der Waals surface area contributed by atoms with Crippen LogP contribution in [0.2, 0.25) is 5.31 Å². The Morgan fingerprint density at radius 2 is 2.43 bits per heavy atom. The van der Waals surface area contributed by atoms with Gasteiger partial charge in [-0.05, 0) is 24.6 Å². The van der Waals surface area contributed by atoms with Crippen LogP contribution in [0, 0.1) is 5.92 Å². The second kappa shape index (κ2) is 5.34. The molecule has 5 nitrogen and oxygen atoms in total. The van der Waals surface area contributed by atoms with Crippen molar-refractivity contribution in [2.24, 2.45) is 5.92 Å². The average Bonchev–Trinajstić information content (AvgIpc) is 3.07. The van der Waals surface area contributed by atoms with Gasteiger partial charge in [-0.2, -0.15) is 0 Å². The first-order valence-electron chi connectivity index (χ1n) is 7.81. The maximum atomic E-state index is 12.2. The normalized spacial score (nSPS) is 41.8. The summed E-state index contributed by atoms with van der Waals surface area (Å²) in [4.78, 5) is 22.5. The zero-order valence-electron chi connectivity index (χ0n) is 12.4. The number of amides is 1. The number of piperidine rings is 1. The van der Waals surface area contributed by atoms with Crippen LogP contribution >= 0.6 is 0 Å². The first kappa shape index (κ1) is 14.9. The molecule has 2 N–H and O–H groups in total. The average molecular weight is 287 g/mol. The zero-order valence-corrected chi connectivity index (χ0v) is 12.4. The lowest BCUT2D eigenvalue weighted by Gasteiger charge is -2.44. The van der Waals surface area contributed by atoms with E-state index in [0.717, 1.165) is 19.3 Å². The lowest BCUT2D eigenvalue weighted by atomic mass is 9.63. The molecule has 111 valence electrons. The maximum absolute atomic E-state index is 12.2. The molecule has 2 heterocycles. The van der Waals surface area contributed by atoms with E-state index in [1.165, 1.54) is 12.8 Å². The van der Waals surface area contributed by atoms with Crippen molar-refractivity contribution in [3.63, 3.8) is 0 Å². The van der Waals surface area contributed by atoms with E-state index in [1.54, 1.807) is 6.92 Å². The molecule has 1 amide bonds. The number of hydrogen-bond donors (Lipinski definition) is 2. The van der Waals surface area contributed by atoms with E-state index in [0.29, 0.717) is 12.3 Å². The molecule has 3 fully saturated rings. The number of carbonyl (C=O) groups is 2. The fraction of sp³-hybridized carbons (Fsp3) is 0.857. The highest BCUT2D eigenvalue weighted by molar-refractivity contribution is 6.72. The van der Waals surface area contributed by atoms with Gasteiger partial charge in [-0.3, -0.25) is 9.59 Å². The second-order valence-corrected chi connectivity index (χ2v) is 6.74. The van der Waals surface area contributed by atoms with E-state index >= 15 is 0 Å². The molecule has 21 heavy (non-hydrogen) atoms. The molecule has 0 aromatic carbocycles. The Balaban J connectivity index is 1.57. The lowest BCUT2D eigenvalue weighted by molar-refractivity contribution is -0.148. The molecule has 3 radical (unpaired) electrons. The van der Waals surface area contributed by atoms with Crippen LogP contribution in [-0.2, 0) is 14.3 Å². The topological polar surface area (TPSA) is 67.4 Å². The van der Waals surface area contributed by atoms with E-state index < -0.39 is 5.34 Å². The minimum atomic E-state index is -0.493. The molecule has 1 saturated carbocycles. The minimum absolute atomic E-state index is 0.106. The molecule has 5 atom stereocenters.